The average molecular weight is 289 g/mol. The molecule has 0 saturated carbocycles. The summed E-state index contributed by atoms with van der Waals surface area (Å²) in [4.78, 5) is 14.9. The topological polar surface area (TPSA) is 29.5 Å². The van der Waals surface area contributed by atoms with E-state index in [4.69, 9.17) is 4.74 Å². The number of hydrogen-bond donors (Lipinski definition) is 0. The lowest BCUT2D eigenvalue weighted by Crippen LogP contribution is -2.47. The molecule has 1 saturated heterocycles. The molecule has 0 amide bonds. The van der Waals surface area contributed by atoms with Crippen LogP contribution in [0.5, 0.6) is 0 Å². The number of ether oxygens (including phenoxy) is 1. The van der Waals surface area contributed by atoms with Crippen LogP contribution in [0.3, 0.4) is 0 Å². The summed E-state index contributed by atoms with van der Waals surface area (Å²) < 4.78 is 5.86. The smallest absolute Gasteiger partial charge is 0.179 e. The van der Waals surface area contributed by atoms with Crippen LogP contribution >= 0.6 is 0 Å². The molecule has 0 bridgehead atoms. The molecule has 1 aromatic carbocycles. The van der Waals surface area contributed by atoms with E-state index in [1.807, 2.05) is 38.1 Å². The Bertz CT molecular complexity index is 455. The average Bonchev–Trinajstić information content (AvgIpc) is 2.52. The minimum Gasteiger partial charge on any atom is -0.377 e. The van der Waals surface area contributed by atoms with Gasteiger partial charge in [0.2, 0.25) is 0 Å². The molecule has 0 aromatic heterocycles. The first-order chi connectivity index (χ1) is 10.1. The maximum atomic E-state index is 12.6. The first-order valence-corrected chi connectivity index (χ1v) is 8.08. The van der Waals surface area contributed by atoms with Crippen molar-refractivity contribution >= 4 is 5.78 Å². The largest absolute Gasteiger partial charge is 0.377 e. The summed E-state index contributed by atoms with van der Waals surface area (Å²) in [5.74, 6) is 0.214. The fourth-order valence-electron chi connectivity index (χ4n) is 2.86. The van der Waals surface area contributed by atoms with E-state index in [1.54, 1.807) is 0 Å². The van der Waals surface area contributed by atoms with Gasteiger partial charge in [-0.05, 0) is 39.7 Å². The molecular weight excluding hydrogens is 262 g/mol. The highest BCUT2D eigenvalue weighted by Crippen LogP contribution is 2.18. The standard InChI is InChI=1S/C18H27NO2/c1-4-12-21-17-6-5-11-19(13-17)15(3)18(20)16-9-7-14(2)8-10-16/h7-10,15,17H,4-6,11-13H2,1-3H3. The van der Waals surface area contributed by atoms with E-state index in [9.17, 15) is 4.79 Å². The van der Waals surface area contributed by atoms with E-state index in [0.717, 1.165) is 44.5 Å². The fourth-order valence-corrected chi connectivity index (χ4v) is 2.86. The van der Waals surface area contributed by atoms with Crippen molar-refractivity contribution < 1.29 is 9.53 Å². The van der Waals surface area contributed by atoms with Crippen LogP contribution in [0.1, 0.15) is 49.0 Å². The number of nitrogens with zero attached hydrogens (tertiary/aromatic N) is 1. The van der Waals surface area contributed by atoms with Gasteiger partial charge in [0.15, 0.2) is 5.78 Å². The highest BCUT2D eigenvalue weighted by molar-refractivity contribution is 5.99. The molecule has 3 heteroatoms. The third kappa shape index (κ3) is 4.39. The van der Waals surface area contributed by atoms with Gasteiger partial charge < -0.3 is 4.74 Å². The number of carbonyl (C=O) groups is 1. The van der Waals surface area contributed by atoms with Gasteiger partial charge in [-0.3, -0.25) is 9.69 Å². The number of piperidine rings is 1. The number of benzene rings is 1. The van der Waals surface area contributed by atoms with Crippen LogP contribution in [0.4, 0.5) is 0 Å². The molecule has 1 aromatic rings. The molecule has 21 heavy (non-hydrogen) atoms. The van der Waals surface area contributed by atoms with Crippen LogP contribution < -0.4 is 0 Å². The van der Waals surface area contributed by atoms with Crippen LogP contribution in [-0.4, -0.2) is 42.5 Å². The highest BCUT2D eigenvalue weighted by atomic mass is 16.5. The van der Waals surface area contributed by atoms with Gasteiger partial charge in [0, 0.05) is 18.7 Å². The van der Waals surface area contributed by atoms with Gasteiger partial charge in [-0.25, -0.2) is 0 Å². The number of carbonyl (C=O) groups excluding carboxylic acids is 1. The minimum atomic E-state index is -0.0688. The second-order valence-electron chi connectivity index (χ2n) is 6.04. The van der Waals surface area contributed by atoms with Crippen molar-refractivity contribution in [2.24, 2.45) is 0 Å². The van der Waals surface area contributed by atoms with Crippen molar-refractivity contribution in [3.63, 3.8) is 0 Å². The van der Waals surface area contributed by atoms with Crippen LogP contribution in [-0.2, 0) is 4.74 Å². The van der Waals surface area contributed by atoms with E-state index < -0.39 is 0 Å². The molecule has 116 valence electrons. The van der Waals surface area contributed by atoms with Crippen molar-refractivity contribution in [3.05, 3.63) is 35.4 Å². The second kappa shape index (κ2) is 7.71. The molecule has 2 atom stereocenters. The second-order valence-corrected chi connectivity index (χ2v) is 6.04. The molecular formula is C18H27NO2. The van der Waals surface area contributed by atoms with Crippen LogP contribution in [0.15, 0.2) is 24.3 Å². The quantitative estimate of drug-likeness (QED) is 0.751. The molecule has 1 aliphatic heterocycles. The predicted molar refractivity (Wildman–Crippen MR) is 85.8 cm³/mol. The lowest BCUT2D eigenvalue weighted by atomic mass is 10.00. The van der Waals surface area contributed by atoms with Crippen molar-refractivity contribution in [2.75, 3.05) is 19.7 Å². The van der Waals surface area contributed by atoms with Crippen LogP contribution in [0, 0.1) is 6.92 Å². The van der Waals surface area contributed by atoms with E-state index in [2.05, 4.69) is 11.8 Å². The number of likely N-dealkylation sites (tertiary alicyclic amines) is 1. The summed E-state index contributed by atoms with van der Waals surface area (Å²) in [5, 5.41) is 0. The molecule has 1 fully saturated rings. The van der Waals surface area contributed by atoms with Gasteiger partial charge in [0.05, 0.1) is 12.1 Å². The lowest BCUT2D eigenvalue weighted by Gasteiger charge is -2.36. The number of ketones is 1. The molecule has 0 N–H and O–H groups in total. The predicted octanol–water partition coefficient (Wildman–Crippen LogP) is 3.46. The van der Waals surface area contributed by atoms with Crippen LogP contribution in [0.2, 0.25) is 0 Å². The Hall–Kier alpha value is -1.19. The number of hydrogen-bond acceptors (Lipinski definition) is 3. The van der Waals surface area contributed by atoms with Crippen LogP contribution in [0.25, 0.3) is 0 Å². The lowest BCUT2D eigenvalue weighted by molar-refractivity contribution is -0.00810. The van der Waals surface area contributed by atoms with Gasteiger partial charge in [0.25, 0.3) is 0 Å². The maximum Gasteiger partial charge on any atom is 0.179 e. The maximum absolute atomic E-state index is 12.6. The molecule has 0 spiro atoms. The van der Waals surface area contributed by atoms with E-state index in [0.29, 0.717) is 0 Å². The molecule has 1 aliphatic rings. The van der Waals surface area contributed by atoms with Gasteiger partial charge in [-0.1, -0.05) is 36.8 Å². The zero-order chi connectivity index (χ0) is 15.2. The first kappa shape index (κ1) is 16.2. The normalized spacial score (nSPS) is 21.2. The van der Waals surface area contributed by atoms with E-state index in [1.165, 1.54) is 5.56 Å². The third-order valence-corrected chi connectivity index (χ3v) is 4.23. The van der Waals surface area contributed by atoms with Crippen molar-refractivity contribution in [3.8, 4) is 0 Å². The Labute approximate surface area is 128 Å². The first-order valence-electron chi connectivity index (χ1n) is 8.08. The zero-order valence-corrected chi connectivity index (χ0v) is 13.5. The van der Waals surface area contributed by atoms with Gasteiger partial charge in [0.1, 0.15) is 0 Å². The Morgan fingerprint density at radius 2 is 2.10 bits per heavy atom. The van der Waals surface area contributed by atoms with Gasteiger partial charge in [-0.15, -0.1) is 0 Å². The SMILES string of the molecule is CCCOC1CCCN(C(C)C(=O)c2ccc(C)cc2)C1. The summed E-state index contributed by atoms with van der Waals surface area (Å²) >= 11 is 0. The van der Waals surface area contributed by atoms with E-state index in [-0.39, 0.29) is 17.9 Å². The summed E-state index contributed by atoms with van der Waals surface area (Å²) in [7, 11) is 0. The van der Waals surface area contributed by atoms with Gasteiger partial charge >= 0.3 is 0 Å². The molecule has 0 radical (unpaired) electrons. The minimum absolute atomic E-state index is 0.0688. The van der Waals surface area contributed by atoms with Crippen molar-refractivity contribution in [1.29, 1.82) is 0 Å². The molecule has 2 rings (SSSR count). The molecule has 3 nitrogen and oxygen atoms in total. The van der Waals surface area contributed by atoms with Crippen molar-refractivity contribution in [2.45, 2.75) is 52.2 Å². The Balaban J connectivity index is 1.96. The summed E-state index contributed by atoms with van der Waals surface area (Å²) in [6.07, 6.45) is 3.56. The summed E-state index contributed by atoms with van der Waals surface area (Å²) in [6.45, 7) is 8.87. The van der Waals surface area contributed by atoms with Gasteiger partial charge in [-0.2, -0.15) is 0 Å². The third-order valence-electron chi connectivity index (χ3n) is 4.23. The molecule has 1 heterocycles. The van der Waals surface area contributed by atoms with E-state index >= 15 is 0 Å². The Morgan fingerprint density at radius 1 is 1.38 bits per heavy atom. The highest BCUT2D eigenvalue weighted by Gasteiger charge is 2.28. The zero-order valence-electron chi connectivity index (χ0n) is 13.5. The Kier molecular flexibility index (Phi) is 5.95. The fraction of sp³-hybridized carbons (Fsp3) is 0.611. The molecule has 0 aliphatic carbocycles. The Morgan fingerprint density at radius 3 is 2.76 bits per heavy atom. The van der Waals surface area contributed by atoms with Crippen molar-refractivity contribution in [1.82, 2.24) is 4.90 Å². The number of rotatable bonds is 6. The summed E-state index contributed by atoms with van der Waals surface area (Å²) in [6, 6.07) is 7.81. The number of Topliss-reactive ketones (excluding diaryl/α,β-unsaturated/α-hetero) is 1. The molecule has 2 unspecified atom stereocenters. The number of aryl methyl sites for hydroxylation is 1. The monoisotopic (exact) mass is 289 g/mol. The summed E-state index contributed by atoms with van der Waals surface area (Å²) in [5.41, 5.74) is 2.00.